The van der Waals surface area contributed by atoms with Crippen LogP contribution in [0.2, 0.25) is 0 Å². The lowest BCUT2D eigenvalue weighted by molar-refractivity contribution is -0.450. The van der Waals surface area contributed by atoms with Crippen molar-refractivity contribution in [3.05, 3.63) is 30.1 Å². The van der Waals surface area contributed by atoms with Gasteiger partial charge >= 0.3 is 0 Å². The second-order valence-electron chi connectivity index (χ2n) is 8.98. The molecule has 178 valence electrons. The fraction of sp³-hybridized carbons (Fsp3) is 0.727. The molecule has 0 radical (unpaired) electrons. The molecule has 3 fully saturated rings. The van der Waals surface area contributed by atoms with Crippen molar-refractivity contribution in [1.29, 1.82) is 0 Å². The number of ether oxygens (including phenoxy) is 3. The summed E-state index contributed by atoms with van der Waals surface area (Å²) in [5.41, 5.74) is 0.744. The third-order valence-electron chi connectivity index (χ3n) is 6.85. The van der Waals surface area contributed by atoms with Crippen LogP contribution in [0.3, 0.4) is 0 Å². The predicted octanol–water partition coefficient (Wildman–Crippen LogP) is -0.934. The van der Waals surface area contributed by atoms with Crippen LogP contribution in [-0.2, 0) is 25.4 Å². The molecule has 1 aromatic heterocycles. The van der Waals surface area contributed by atoms with Gasteiger partial charge in [0.1, 0.15) is 12.2 Å². The highest BCUT2D eigenvalue weighted by atomic mass is 16.8. The fourth-order valence-corrected chi connectivity index (χ4v) is 5.17. The van der Waals surface area contributed by atoms with E-state index < -0.39 is 54.5 Å². The Morgan fingerprint density at radius 1 is 1.28 bits per heavy atom. The van der Waals surface area contributed by atoms with E-state index in [1.165, 1.54) is 0 Å². The number of nitrogens with one attached hydrogen (secondary N) is 2. The van der Waals surface area contributed by atoms with Crippen molar-refractivity contribution in [1.82, 2.24) is 15.6 Å². The van der Waals surface area contributed by atoms with E-state index in [9.17, 15) is 20.1 Å². The minimum absolute atomic E-state index is 0.0992. The van der Waals surface area contributed by atoms with Crippen molar-refractivity contribution in [2.75, 3.05) is 7.05 Å². The zero-order valence-electron chi connectivity index (χ0n) is 18.5. The maximum absolute atomic E-state index is 12.7. The second kappa shape index (κ2) is 9.30. The van der Waals surface area contributed by atoms with Crippen LogP contribution in [0.4, 0.5) is 0 Å². The number of fused-ring (bicyclic) bond motifs is 2. The third kappa shape index (κ3) is 4.16. The summed E-state index contributed by atoms with van der Waals surface area (Å²) in [6, 6.07) is 2.16. The molecule has 10 atom stereocenters. The normalized spacial score (nSPS) is 43.8. The quantitative estimate of drug-likeness (QED) is 0.384. The Balaban J connectivity index is 1.56. The van der Waals surface area contributed by atoms with Gasteiger partial charge in [-0.3, -0.25) is 9.78 Å². The third-order valence-corrected chi connectivity index (χ3v) is 6.85. The van der Waals surface area contributed by atoms with Gasteiger partial charge in [-0.05, 0) is 38.4 Å². The van der Waals surface area contributed by atoms with Crippen LogP contribution < -0.4 is 10.6 Å². The number of pyridine rings is 1. The summed E-state index contributed by atoms with van der Waals surface area (Å²) in [5.74, 6) is -2.69. The van der Waals surface area contributed by atoms with E-state index in [4.69, 9.17) is 14.2 Å². The predicted molar refractivity (Wildman–Crippen MR) is 112 cm³/mol. The molecule has 10 nitrogen and oxygen atoms in total. The Labute approximate surface area is 187 Å². The molecule has 2 saturated heterocycles. The molecular formula is C22H33N3O7. The Bertz CT molecular complexity index is 799. The van der Waals surface area contributed by atoms with Gasteiger partial charge in [-0.15, -0.1) is 0 Å². The minimum atomic E-state index is -1.98. The lowest BCUT2D eigenvalue weighted by Crippen LogP contribution is -2.77. The molecule has 3 aliphatic rings. The summed E-state index contributed by atoms with van der Waals surface area (Å²) >= 11 is 0. The van der Waals surface area contributed by atoms with Crippen LogP contribution in [0.25, 0.3) is 0 Å². The van der Waals surface area contributed by atoms with E-state index in [1.54, 1.807) is 31.6 Å². The first-order valence-corrected chi connectivity index (χ1v) is 11.2. The number of carbonyl (C=O) groups excluding carboxylic acids is 1. The van der Waals surface area contributed by atoms with Gasteiger partial charge in [-0.2, -0.15) is 0 Å². The van der Waals surface area contributed by atoms with E-state index in [2.05, 4.69) is 15.6 Å². The Morgan fingerprint density at radius 3 is 2.72 bits per heavy atom. The van der Waals surface area contributed by atoms with E-state index >= 15 is 0 Å². The van der Waals surface area contributed by atoms with Crippen molar-refractivity contribution < 1.29 is 34.3 Å². The topological polar surface area (TPSA) is 142 Å². The molecule has 1 aromatic rings. The summed E-state index contributed by atoms with van der Waals surface area (Å²) < 4.78 is 18.0. The zero-order valence-corrected chi connectivity index (χ0v) is 18.5. The summed E-state index contributed by atoms with van der Waals surface area (Å²) in [6.07, 6.45) is -0.859. The highest BCUT2D eigenvalue weighted by molar-refractivity contribution is 5.78. The molecule has 1 saturated carbocycles. The molecule has 2 aliphatic heterocycles. The number of carbonyl (C=O) groups is 1. The maximum Gasteiger partial charge on any atom is 0.239 e. The Hall–Kier alpha value is -1.66. The number of likely N-dealkylation sites (N-methyl/N-ethyl adjacent to an activating group) is 1. The van der Waals surface area contributed by atoms with Crippen LogP contribution in [0, 0.1) is 5.92 Å². The number of rotatable bonds is 5. The fourth-order valence-electron chi connectivity index (χ4n) is 5.17. The molecule has 1 aliphatic carbocycles. The highest BCUT2D eigenvalue weighted by Gasteiger charge is 2.63. The molecular weight excluding hydrogens is 418 g/mol. The first-order chi connectivity index (χ1) is 15.3. The Kier molecular flexibility index (Phi) is 6.83. The molecule has 10 heteroatoms. The van der Waals surface area contributed by atoms with Crippen LogP contribution in [-0.4, -0.2) is 87.9 Å². The Morgan fingerprint density at radius 2 is 2.06 bits per heavy atom. The number of hydrogen-bond donors (Lipinski definition) is 5. The van der Waals surface area contributed by atoms with Crippen LogP contribution >= 0.6 is 0 Å². The smallest absolute Gasteiger partial charge is 0.239 e. The van der Waals surface area contributed by atoms with Crippen molar-refractivity contribution in [2.24, 2.45) is 5.92 Å². The summed E-state index contributed by atoms with van der Waals surface area (Å²) in [7, 11) is 1.68. The SMILES string of the molecule is CC[C@@H]1[C@H](O)[C@H](NC)C2O[C@]3(O)C(OC2[C@@H]1O)O[C@H](C)C[C@H]3NC(=O)Cc1cccnc1. The van der Waals surface area contributed by atoms with Gasteiger partial charge in [-0.1, -0.05) is 13.0 Å². The maximum atomic E-state index is 12.7. The van der Waals surface area contributed by atoms with Gasteiger partial charge in [0.25, 0.3) is 0 Å². The first-order valence-electron chi connectivity index (χ1n) is 11.2. The highest BCUT2D eigenvalue weighted by Crippen LogP contribution is 2.43. The average molecular weight is 452 g/mol. The van der Waals surface area contributed by atoms with E-state index in [-0.39, 0.29) is 18.4 Å². The van der Waals surface area contributed by atoms with Crippen LogP contribution in [0.15, 0.2) is 24.5 Å². The summed E-state index contributed by atoms with van der Waals surface area (Å²) in [4.78, 5) is 16.7. The van der Waals surface area contributed by atoms with Crippen molar-refractivity contribution in [2.45, 2.75) is 87.8 Å². The summed E-state index contributed by atoms with van der Waals surface area (Å²) in [6.45, 7) is 3.71. The number of aliphatic hydroxyl groups is 3. The number of aromatic nitrogens is 1. The zero-order chi connectivity index (χ0) is 23.0. The number of nitrogens with zero attached hydrogens (tertiary/aromatic N) is 1. The first kappa shape index (κ1) is 23.5. The van der Waals surface area contributed by atoms with E-state index in [0.717, 1.165) is 5.56 Å². The summed E-state index contributed by atoms with van der Waals surface area (Å²) in [5, 5.41) is 39.1. The number of aliphatic hydroxyl groups excluding tert-OH is 2. The molecule has 1 amide bonds. The monoisotopic (exact) mass is 451 g/mol. The molecule has 4 rings (SSSR count). The van der Waals surface area contributed by atoms with Gasteiger partial charge in [-0.25, -0.2) is 0 Å². The lowest BCUT2D eigenvalue weighted by atomic mass is 9.74. The van der Waals surface area contributed by atoms with Crippen molar-refractivity contribution in [3.63, 3.8) is 0 Å². The largest absolute Gasteiger partial charge is 0.391 e. The molecule has 5 N–H and O–H groups in total. The van der Waals surface area contributed by atoms with Crippen molar-refractivity contribution >= 4 is 5.91 Å². The lowest BCUT2D eigenvalue weighted by Gasteiger charge is -2.58. The number of amides is 1. The minimum Gasteiger partial charge on any atom is -0.391 e. The average Bonchev–Trinajstić information content (AvgIpc) is 2.75. The molecule has 3 unspecified atom stereocenters. The van der Waals surface area contributed by atoms with E-state index in [0.29, 0.717) is 12.8 Å². The molecule has 32 heavy (non-hydrogen) atoms. The van der Waals surface area contributed by atoms with Gasteiger partial charge in [0.2, 0.25) is 18.0 Å². The van der Waals surface area contributed by atoms with Gasteiger partial charge in [0.05, 0.1) is 36.8 Å². The molecule has 0 bridgehead atoms. The van der Waals surface area contributed by atoms with Gasteiger partial charge in [0.15, 0.2) is 0 Å². The van der Waals surface area contributed by atoms with Crippen LogP contribution in [0.1, 0.15) is 32.3 Å². The van der Waals surface area contributed by atoms with Gasteiger partial charge < -0.3 is 40.2 Å². The number of hydrogen-bond acceptors (Lipinski definition) is 9. The van der Waals surface area contributed by atoms with Crippen molar-refractivity contribution in [3.8, 4) is 0 Å². The molecule has 0 aromatic carbocycles. The van der Waals surface area contributed by atoms with Gasteiger partial charge in [0, 0.05) is 18.3 Å². The second-order valence-corrected chi connectivity index (χ2v) is 8.98. The molecule has 3 heterocycles. The van der Waals surface area contributed by atoms with Crippen LogP contribution in [0.5, 0.6) is 0 Å². The van der Waals surface area contributed by atoms with E-state index in [1.807, 2.05) is 13.8 Å². The standard InChI is InChI=1S/C22H33N3O7/c1-4-13-17(27)16(23-3)19-20(18(13)28)31-21-22(29,32-19)14(8-11(2)30-21)25-15(26)9-12-6-5-7-24-10-12/h5-7,10-11,13-14,16-21,23,27-29H,4,8-9H2,1-3H3,(H,25,26)/t11-,13-,14-,16+,17+,18-,19?,20?,21?,22+/m1/s1. The molecule has 0 spiro atoms.